The summed E-state index contributed by atoms with van der Waals surface area (Å²) < 4.78 is 49.1. The summed E-state index contributed by atoms with van der Waals surface area (Å²) in [5.74, 6) is 0.103. The average molecular weight is 398 g/mol. The van der Waals surface area contributed by atoms with E-state index in [1.165, 1.54) is 25.1 Å². The zero-order chi connectivity index (χ0) is 19.8. The van der Waals surface area contributed by atoms with Crippen molar-refractivity contribution in [3.8, 4) is 5.75 Å². The summed E-state index contributed by atoms with van der Waals surface area (Å²) in [6, 6.07) is 9.35. The van der Waals surface area contributed by atoms with Crippen molar-refractivity contribution in [1.29, 1.82) is 0 Å². The molecule has 27 heavy (non-hydrogen) atoms. The van der Waals surface area contributed by atoms with Crippen LogP contribution in [0.3, 0.4) is 0 Å². The molecule has 0 saturated carbocycles. The van der Waals surface area contributed by atoms with E-state index in [0.29, 0.717) is 22.1 Å². The minimum Gasteiger partial charge on any atom is -0.481 e. The number of halogens is 4. The van der Waals surface area contributed by atoms with Crippen LogP contribution in [0.4, 0.5) is 18.9 Å². The van der Waals surface area contributed by atoms with Crippen molar-refractivity contribution in [1.82, 2.24) is 0 Å². The van der Waals surface area contributed by atoms with E-state index in [2.05, 4.69) is 5.32 Å². The number of hydrogen-bond acceptors (Lipinski definition) is 3. The van der Waals surface area contributed by atoms with E-state index in [1.54, 1.807) is 19.1 Å². The summed E-state index contributed by atoms with van der Waals surface area (Å²) >= 11 is 6.15. The number of furan rings is 1. The monoisotopic (exact) mass is 397 g/mol. The second-order valence-corrected chi connectivity index (χ2v) is 6.42. The standard InChI is InChI=1S/C19H15ClF3NO3/c1-10-6-12-7-14(9-16(20)17(12)26-10)24-18(25)11(2)27-15-5-3-4-13(8-15)19(21,22)23/h3-9,11H,1-2H3,(H,24,25). The largest absolute Gasteiger partial charge is 0.481 e. The normalized spacial score (nSPS) is 12.8. The Labute approximate surface area is 157 Å². The number of ether oxygens (including phenoxy) is 1. The number of carbonyl (C=O) groups excluding carboxylic acids is 1. The number of fused-ring (bicyclic) bond motifs is 1. The number of nitrogens with one attached hydrogen (secondary N) is 1. The van der Waals surface area contributed by atoms with Crippen LogP contribution in [0.5, 0.6) is 5.75 Å². The van der Waals surface area contributed by atoms with Crippen LogP contribution in [0.25, 0.3) is 11.0 Å². The van der Waals surface area contributed by atoms with Gasteiger partial charge in [0.05, 0.1) is 10.6 Å². The Morgan fingerprint density at radius 1 is 1.22 bits per heavy atom. The lowest BCUT2D eigenvalue weighted by Gasteiger charge is -2.16. The van der Waals surface area contributed by atoms with Crippen LogP contribution >= 0.6 is 11.6 Å². The van der Waals surface area contributed by atoms with Gasteiger partial charge in [-0.3, -0.25) is 4.79 Å². The Morgan fingerprint density at radius 3 is 2.67 bits per heavy atom. The lowest BCUT2D eigenvalue weighted by Crippen LogP contribution is -2.30. The van der Waals surface area contributed by atoms with Gasteiger partial charge in [0.15, 0.2) is 11.7 Å². The van der Waals surface area contributed by atoms with Gasteiger partial charge in [0.2, 0.25) is 0 Å². The first-order valence-electron chi connectivity index (χ1n) is 7.98. The van der Waals surface area contributed by atoms with Gasteiger partial charge in [-0.25, -0.2) is 0 Å². The predicted molar refractivity (Wildman–Crippen MR) is 96.1 cm³/mol. The highest BCUT2D eigenvalue weighted by Crippen LogP contribution is 2.32. The van der Waals surface area contributed by atoms with Crippen molar-refractivity contribution in [2.24, 2.45) is 0 Å². The Hall–Kier alpha value is -2.67. The lowest BCUT2D eigenvalue weighted by atomic mass is 10.2. The molecule has 1 aromatic heterocycles. The summed E-state index contributed by atoms with van der Waals surface area (Å²) in [6.07, 6.45) is -5.51. The Morgan fingerprint density at radius 2 is 1.96 bits per heavy atom. The van der Waals surface area contributed by atoms with Gasteiger partial charge >= 0.3 is 6.18 Å². The number of benzene rings is 2. The molecule has 8 heteroatoms. The number of carbonyl (C=O) groups is 1. The van der Waals surface area contributed by atoms with E-state index in [9.17, 15) is 18.0 Å². The minimum absolute atomic E-state index is 0.0496. The molecule has 142 valence electrons. The van der Waals surface area contributed by atoms with Crippen LogP contribution in [0.2, 0.25) is 5.02 Å². The van der Waals surface area contributed by atoms with Crippen molar-refractivity contribution in [3.05, 3.63) is 58.8 Å². The quantitative estimate of drug-likeness (QED) is 0.603. The first-order valence-corrected chi connectivity index (χ1v) is 8.36. The summed E-state index contributed by atoms with van der Waals surface area (Å²) in [6.45, 7) is 3.22. The number of rotatable bonds is 4. The topological polar surface area (TPSA) is 51.5 Å². The van der Waals surface area contributed by atoms with Crippen molar-refractivity contribution in [3.63, 3.8) is 0 Å². The fraction of sp³-hybridized carbons (Fsp3) is 0.211. The first-order chi connectivity index (χ1) is 12.6. The van der Waals surface area contributed by atoms with E-state index in [-0.39, 0.29) is 5.75 Å². The molecule has 1 unspecified atom stereocenters. The maximum absolute atomic E-state index is 12.8. The number of anilines is 1. The molecule has 0 spiro atoms. The molecule has 0 saturated heterocycles. The van der Waals surface area contributed by atoms with Gasteiger partial charge in [-0.1, -0.05) is 17.7 Å². The molecule has 3 aromatic rings. The molecule has 1 atom stereocenters. The summed E-state index contributed by atoms with van der Waals surface area (Å²) in [5, 5.41) is 3.70. The average Bonchev–Trinajstić information content (AvgIpc) is 2.95. The zero-order valence-corrected chi connectivity index (χ0v) is 15.1. The SMILES string of the molecule is Cc1cc2cc(NC(=O)C(C)Oc3cccc(C(F)(F)F)c3)cc(Cl)c2o1. The van der Waals surface area contributed by atoms with E-state index in [0.717, 1.165) is 17.5 Å². The number of hydrogen-bond donors (Lipinski definition) is 1. The highest BCUT2D eigenvalue weighted by molar-refractivity contribution is 6.35. The molecule has 1 heterocycles. The molecular weight excluding hydrogens is 383 g/mol. The molecule has 0 aliphatic rings. The molecule has 3 rings (SSSR count). The van der Waals surface area contributed by atoms with Crippen LogP contribution in [-0.4, -0.2) is 12.0 Å². The van der Waals surface area contributed by atoms with E-state index < -0.39 is 23.8 Å². The zero-order valence-electron chi connectivity index (χ0n) is 14.4. The summed E-state index contributed by atoms with van der Waals surface area (Å²) in [7, 11) is 0. The van der Waals surface area contributed by atoms with Crippen LogP contribution in [0.1, 0.15) is 18.2 Å². The Bertz CT molecular complexity index is 998. The van der Waals surface area contributed by atoms with Gasteiger partial charge < -0.3 is 14.5 Å². The molecule has 0 fully saturated rings. The molecule has 0 aliphatic heterocycles. The fourth-order valence-electron chi connectivity index (χ4n) is 2.56. The molecule has 1 amide bonds. The minimum atomic E-state index is -4.49. The van der Waals surface area contributed by atoms with Gasteiger partial charge in [-0.05, 0) is 50.2 Å². The molecule has 4 nitrogen and oxygen atoms in total. The van der Waals surface area contributed by atoms with Gasteiger partial charge in [-0.15, -0.1) is 0 Å². The van der Waals surface area contributed by atoms with Gasteiger partial charge in [0.1, 0.15) is 11.5 Å². The maximum atomic E-state index is 12.8. The highest BCUT2D eigenvalue weighted by atomic mass is 35.5. The summed E-state index contributed by atoms with van der Waals surface area (Å²) in [4.78, 5) is 12.3. The van der Waals surface area contributed by atoms with E-state index in [4.69, 9.17) is 20.8 Å². The third-order valence-electron chi connectivity index (χ3n) is 3.81. The Kier molecular flexibility index (Phi) is 5.06. The van der Waals surface area contributed by atoms with Crippen molar-refractivity contribution >= 4 is 34.2 Å². The molecule has 0 bridgehead atoms. The second-order valence-electron chi connectivity index (χ2n) is 6.01. The van der Waals surface area contributed by atoms with Crippen LogP contribution in [-0.2, 0) is 11.0 Å². The maximum Gasteiger partial charge on any atom is 0.416 e. The third-order valence-corrected chi connectivity index (χ3v) is 4.09. The number of alkyl halides is 3. The van der Waals surface area contributed by atoms with Gasteiger partial charge in [0, 0.05) is 11.1 Å². The summed E-state index contributed by atoms with van der Waals surface area (Å²) in [5.41, 5.74) is 0.0957. The molecule has 0 aliphatic carbocycles. The molecular formula is C19H15ClF3NO3. The number of aryl methyl sites for hydroxylation is 1. The smallest absolute Gasteiger partial charge is 0.416 e. The lowest BCUT2D eigenvalue weighted by molar-refractivity contribution is -0.137. The number of amides is 1. The van der Waals surface area contributed by atoms with Gasteiger partial charge in [0.25, 0.3) is 5.91 Å². The first kappa shape index (κ1) is 19.1. The highest BCUT2D eigenvalue weighted by Gasteiger charge is 2.31. The molecule has 1 N–H and O–H groups in total. The molecule has 2 aromatic carbocycles. The fourth-order valence-corrected chi connectivity index (χ4v) is 2.82. The van der Waals surface area contributed by atoms with Crippen LogP contribution in [0, 0.1) is 6.92 Å². The van der Waals surface area contributed by atoms with E-state index >= 15 is 0 Å². The van der Waals surface area contributed by atoms with Crippen LogP contribution < -0.4 is 10.1 Å². The second kappa shape index (κ2) is 7.15. The third kappa shape index (κ3) is 4.36. The Balaban J connectivity index is 1.73. The van der Waals surface area contributed by atoms with Crippen molar-refractivity contribution in [2.75, 3.05) is 5.32 Å². The van der Waals surface area contributed by atoms with Crippen molar-refractivity contribution < 1.29 is 27.1 Å². The van der Waals surface area contributed by atoms with E-state index in [1.807, 2.05) is 0 Å². The van der Waals surface area contributed by atoms with Crippen molar-refractivity contribution in [2.45, 2.75) is 26.1 Å². The van der Waals surface area contributed by atoms with Crippen LogP contribution in [0.15, 0.2) is 46.9 Å². The van der Waals surface area contributed by atoms with Gasteiger partial charge in [-0.2, -0.15) is 13.2 Å². The molecule has 0 radical (unpaired) electrons. The predicted octanol–water partition coefficient (Wildman–Crippen LogP) is 5.82.